The molecule has 90 valence electrons. The topological polar surface area (TPSA) is 72.0 Å². The van der Waals surface area contributed by atoms with Crippen LogP contribution in [0.3, 0.4) is 0 Å². The van der Waals surface area contributed by atoms with E-state index in [0.29, 0.717) is 11.3 Å². The van der Waals surface area contributed by atoms with Gasteiger partial charge in [-0.25, -0.2) is 0 Å². The van der Waals surface area contributed by atoms with Crippen LogP contribution in [-0.4, -0.2) is 21.9 Å². The van der Waals surface area contributed by atoms with Crippen LogP contribution in [0.25, 0.3) is 0 Å². The van der Waals surface area contributed by atoms with E-state index >= 15 is 0 Å². The van der Waals surface area contributed by atoms with E-state index in [1.165, 1.54) is 23.1 Å². The number of nitrogens with one attached hydrogen (secondary N) is 1. The van der Waals surface area contributed by atoms with Gasteiger partial charge in [-0.1, -0.05) is 23.1 Å². The van der Waals surface area contributed by atoms with E-state index in [1.54, 1.807) is 17.6 Å². The highest BCUT2D eigenvalue weighted by atomic mass is 79.9. The third kappa shape index (κ3) is 1.96. The first-order chi connectivity index (χ1) is 8.65. The molecule has 0 radical (unpaired) electrons. The minimum Gasteiger partial charge on any atom is -0.318 e. The number of halogens is 1. The van der Waals surface area contributed by atoms with Crippen LogP contribution in [0.15, 0.2) is 31.4 Å². The summed E-state index contributed by atoms with van der Waals surface area (Å²) in [6.45, 7) is 0. The number of aromatic nitrogens is 2. The fourth-order valence-corrected chi connectivity index (χ4v) is 3.59. The molecule has 0 unspecified atom stereocenters. The van der Waals surface area contributed by atoms with Gasteiger partial charge in [0.1, 0.15) is 5.51 Å². The molecule has 1 N–H and O–H groups in total. The number of carbonyl (C=O) groups excluding carboxylic acids is 2. The van der Waals surface area contributed by atoms with Gasteiger partial charge in [0.05, 0.1) is 11.3 Å². The van der Waals surface area contributed by atoms with Crippen LogP contribution in [0.1, 0.15) is 10.4 Å². The first-order valence-electron chi connectivity index (χ1n) is 4.78. The van der Waals surface area contributed by atoms with E-state index in [0.717, 1.165) is 13.7 Å². The van der Waals surface area contributed by atoms with E-state index < -0.39 is 11.7 Å². The van der Waals surface area contributed by atoms with E-state index in [9.17, 15) is 9.59 Å². The number of ketones is 1. The largest absolute Gasteiger partial charge is 0.318 e. The van der Waals surface area contributed by atoms with Gasteiger partial charge < -0.3 is 5.32 Å². The van der Waals surface area contributed by atoms with Gasteiger partial charge in [-0.2, -0.15) is 0 Å². The molecule has 1 aliphatic heterocycles. The van der Waals surface area contributed by atoms with Crippen molar-refractivity contribution in [2.24, 2.45) is 0 Å². The molecule has 0 fully saturated rings. The molecule has 1 amide bonds. The number of hydrogen-bond acceptors (Lipinski definition) is 6. The van der Waals surface area contributed by atoms with Gasteiger partial charge in [0.25, 0.3) is 11.7 Å². The molecule has 0 saturated heterocycles. The summed E-state index contributed by atoms with van der Waals surface area (Å²) in [6, 6.07) is 3.41. The summed E-state index contributed by atoms with van der Waals surface area (Å²) in [5.74, 6) is -1.09. The van der Waals surface area contributed by atoms with Crippen molar-refractivity contribution in [1.82, 2.24) is 10.2 Å². The summed E-state index contributed by atoms with van der Waals surface area (Å²) in [5.41, 5.74) is 2.59. The van der Waals surface area contributed by atoms with E-state index in [4.69, 9.17) is 0 Å². The van der Waals surface area contributed by atoms with Gasteiger partial charge >= 0.3 is 0 Å². The maximum absolute atomic E-state index is 11.5. The molecule has 5 nitrogen and oxygen atoms in total. The number of nitrogens with zero attached hydrogens (tertiary/aromatic N) is 2. The van der Waals surface area contributed by atoms with Gasteiger partial charge in [0.2, 0.25) is 0 Å². The number of amides is 1. The average Bonchev–Trinajstić information content (AvgIpc) is 2.92. The van der Waals surface area contributed by atoms with Crippen molar-refractivity contribution in [3.63, 3.8) is 0 Å². The molecule has 18 heavy (non-hydrogen) atoms. The SMILES string of the molecule is O=C1Nc2cc(Sc3nncs3)c(Br)cc2C1=O. The summed E-state index contributed by atoms with van der Waals surface area (Å²) in [7, 11) is 0. The van der Waals surface area contributed by atoms with Crippen LogP contribution >= 0.6 is 39.0 Å². The standard InChI is InChI=1S/C10H4BrN3O2S2/c11-5-1-4-6(13-9(16)8(4)15)2-7(5)18-10-14-12-3-17-10/h1-3H,(H,13,15,16). The van der Waals surface area contributed by atoms with Crippen molar-refractivity contribution >= 4 is 56.4 Å². The van der Waals surface area contributed by atoms with Crippen LogP contribution in [0, 0.1) is 0 Å². The van der Waals surface area contributed by atoms with Crippen LogP contribution in [0.5, 0.6) is 0 Å². The van der Waals surface area contributed by atoms with E-state index in [-0.39, 0.29) is 0 Å². The van der Waals surface area contributed by atoms with Gasteiger partial charge in [-0.3, -0.25) is 9.59 Å². The lowest BCUT2D eigenvalue weighted by Crippen LogP contribution is -2.12. The summed E-state index contributed by atoms with van der Waals surface area (Å²) in [6.07, 6.45) is 0. The number of Topliss-reactive ketones (excluding diaryl/α,β-unsaturated/α-hetero) is 1. The Morgan fingerprint density at radius 2 is 2.17 bits per heavy atom. The van der Waals surface area contributed by atoms with Gasteiger partial charge in [0.15, 0.2) is 4.34 Å². The fraction of sp³-hybridized carbons (Fsp3) is 0. The summed E-state index contributed by atoms with van der Waals surface area (Å²) in [5, 5.41) is 10.2. The molecule has 0 atom stereocenters. The molecule has 1 aromatic heterocycles. The molecule has 0 saturated carbocycles. The predicted molar refractivity (Wildman–Crippen MR) is 71.1 cm³/mol. The minimum atomic E-state index is -0.588. The highest BCUT2D eigenvalue weighted by Gasteiger charge is 2.29. The molecule has 1 aromatic carbocycles. The van der Waals surface area contributed by atoms with Crippen LogP contribution < -0.4 is 5.32 Å². The third-order valence-corrected chi connectivity index (χ3v) is 5.06. The zero-order valence-electron chi connectivity index (χ0n) is 8.64. The third-order valence-electron chi connectivity index (χ3n) is 2.31. The molecular formula is C10H4BrN3O2S2. The lowest BCUT2D eigenvalue weighted by Gasteiger charge is -2.04. The second kappa shape index (κ2) is 4.45. The molecule has 2 heterocycles. The smallest absolute Gasteiger partial charge is 0.296 e. The zero-order valence-corrected chi connectivity index (χ0v) is 11.9. The average molecular weight is 342 g/mol. The quantitative estimate of drug-likeness (QED) is 0.850. The number of anilines is 1. The number of benzene rings is 1. The van der Waals surface area contributed by atoms with E-state index in [2.05, 4.69) is 31.4 Å². The van der Waals surface area contributed by atoms with E-state index in [1.807, 2.05) is 0 Å². The van der Waals surface area contributed by atoms with Crippen molar-refractivity contribution in [2.45, 2.75) is 9.24 Å². The Hall–Kier alpha value is -1.25. The first-order valence-corrected chi connectivity index (χ1v) is 7.27. The van der Waals surface area contributed by atoms with Gasteiger partial charge in [0, 0.05) is 9.37 Å². The van der Waals surface area contributed by atoms with Crippen LogP contribution in [0.4, 0.5) is 5.69 Å². The number of carbonyl (C=O) groups is 2. The summed E-state index contributed by atoms with van der Waals surface area (Å²) < 4.78 is 1.55. The lowest BCUT2D eigenvalue weighted by molar-refractivity contribution is -0.112. The normalized spacial score (nSPS) is 13.6. The monoisotopic (exact) mass is 341 g/mol. The second-order valence-electron chi connectivity index (χ2n) is 3.42. The Morgan fingerprint density at radius 3 is 2.89 bits per heavy atom. The molecule has 0 bridgehead atoms. The lowest BCUT2D eigenvalue weighted by atomic mass is 10.1. The Morgan fingerprint density at radius 1 is 1.33 bits per heavy atom. The Kier molecular flexibility index (Phi) is 2.92. The minimum absolute atomic E-state index is 0.397. The molecule has 8 heteroatoms. The maximum atomic E-state index is 11.5. The number of rotatable bonds is 2. The molecular weight excluding hydrogens is 338 g/mol. The Balaban J connectivity index is 2.01. The van der Waals surface area contributed by atoms with Crippen molar-refractivity contribution in [1.29, 1.82) is 0 Å². The number of hydrogen-bond donors (Lipinski definition) is 1. The second-order valence-corrected chi connectivity index (χ2v) is 6.39. The molecule has 2 aromatic rings. The van der Waals surface area contributed by atoms with Gasteiger partial charge in [-0.15, -0.1) is 10.2 Å². The molecule has 0 aliphatic carbocycles. The first kappa shape index (κ1) is 11.8. The summed E-state index contributed by atoms with van der Waals surface area (Å²) in [4.78, 5) is 23.7. The molecule has 0 spiro atoms. The Bertz CT molecular complexity index is 657. The van der Waals surface area contributed by atoms with Crippen molar-refractivity contribution in [3.05, 3.63) is 27.7 Å². The fourth-order valence-electron chi connectivity index (χ4n) is 1.53. The molecule has 3 rings (SSSR count). The highest BCUT2D eigenvalue weighted by Crippen LogP contribution is 2.38. The van der Waals surface area contributed by atoms with Crippen molar-refractivity contribution < 1.29 is 9.59 Å². The van der Waals surface area contributed by atoms with Gasteiger partial charge in [-0.05, 0) is 28.1 Å². The van der Waals surface area contributed by atoms with Crippen molar-refractivity contribution in [3.8, 4) is 0 Å². The predicted octanol–water partition coefficient (Wildman–Crippen LogP) is 2.59. The highest BCUT2D eigenvalue weighted by molar-refractivity contribution is 9.10. The van der Waals surface area contributed by atoms with Crippen LogP contribution in [0.2, 0.25) is 0 Å². The number of fused-ring (bicyclic) bond motifs is 1. The Labute approximate surface area is 118 Å². The summed E-state index contributed by atoms with van der Waals surface area (Å²) >= 11 is 6.24. The van der Waals surface area contributed by atoms with Crippen LogP contribution in [-0.2, 0) is 4.79 Å². The zero-order chi connectivity index (χ0) is 12.7. The van der Waals surface area contributed by atoms with Crippen molar-refractivity contribution in [2.75, 3.05) is 5.32 Å². The maximum Gasteiger partial charge on any atom is 0.296 e. The molecule has 1 aliphatic rings.